The molecule has 1 aromatic heterocycles. The first-order chi connectivity index (χ1) is 15.8. The van der Waals surface area contributed by atoms with Gasteiger partial charge in [0.25, 0.3) is 5.90 Å². The summed E-state index contributed by atoms with van der Waals surface area (Å²) in [4.78, 5) is 9.86. The number of hydrogen-bond acceptors (Lipinski definition) is 9. The molecule has 8 nitrogen and oxygen atoms in total. The summed E-state index contributed by atoms with van der Waals surface area (Å²) in [7, 11) is 4.70. The summed E-state index contributed by atoms with van der Waals surface area (Å²) in [6, 6.07) is 11.9. The molecule has 0 spiro atoms. The average Bonchev–Trinajstić information content (AvgIpc) is 3.42. The fraction of sp³-hybridized carbons (Fsp3) is 0.391. The number of thiophene rings is 1. The zero-order chi connectivity index (χ0) is 23.7. The van der Waals surface area contributed by atoms with Gasteiger partial charge in [-0.2, -0.15) is 0 Å². The second-order valence-electron chi connectivity index (χ2n) is 8.30. The van der Waals surface area contributed by atoms with Gasteiger partial charge < -0.3 is 20.7 Å². The summed E-state index contributed by atoms with van der Waals surface area (Å²) in [5, 5.41) is 9.59. The molecule has 33 heavy (non-hydrogen) atoms. The SMILES string of the molecule is CNCc1ccc(C2=NN(C)C(C3=C(N)N(C)CC(c4ccc(S(=O)C(C)C)cc4)=N3)O2)s1. The summed E-state index contributed by atoms with van der Waals surface area (Å²) < 4.78 is 18.6. The third kappa shape index (κ3) is 4.83. The normalized spacial score (nSPS) is 19.6. The Morgan fingerprint density at radius 3 is 2.64 bits per heavy atom. The number of nitrogens with zero attached hydrogens (tertiary/aromatic N) is 4. The molecule has 2 atom stereocenters. The number of nitrogens with one attached hydrogen (secondary N) is 1. The Bertz CT molecular complexity index is 1140. The van der Waals surface area contributed by atoms with Crippen LogP contribution in [-0.2, 0) is 22.1 Å². The van der Waals surface area contributed by atoms with Crippen LogP contribution in [-0.4, -0.2) is 64.9 Å². The van der Waals surface area contributed by atoms with Gasteiger partial charge in [0.05, 0.1) is 27.9 Å². The maximum absolute atomic E-state index is 12.4. The minimum atomic E-state index is -1.02. The molecule has 0 radical (unpaired) electrons. The highest BCUT2D eigenvalue weighted by atomic mass is 32.2. The van der Waals surface area contributed by atoms with Crippen molar-refractivity contribution in [3.05, 3.63) is 63.2 Å². The maximum Gasteiger partial charge on any atom is 0.250 e. The van der Waals surface area contributed by atoms with E-state index in [1.54, 1.807) is 16.3 Å². The maximum atomic E-state index is 12.4. The standard InChI is InChI=1S/C23H30N6O2S2/c1-14(2)33(30)17-9-6-15(7-10-17)18-13-28(4)21(24)20(26-18)23-29(5)27-22(31-23)19-11-8-16(32-19)12-25-3/h6-11,14,23,25H,12-13,24H2,1-5H3. The molecule has 2 aromatic rings. The Hall–Kier alpha value is -2.69. The van der Waals surface area contributed by atoms with Crippen LogP contribution in [0, 0.1) is 0 Å². The number of hydrogen-bond donors (Lipinski definition) is 2. The van der Waals surface area contributed by atoms with Crippen LogP contribution < -0.4 is 11.1 Å². The molecule has 0 aliphatic carbocycles. The molecule has 2 aliphatic rings. The van der Waals surface area contributed by atoms with Crippen molar-refractivity contribution in [2.75, 3.05) is 27.7 Å². The van der Waals surface area contributed by atoms with Gasteiger partial charge in [0, 0.05) is 35.7 Å². The van der Waals surface area contributed by atoms with E-state index in [1.165, 1.54) is 4.88 Å². The molecule has 4 rings (SSSR count). The molecule has 2 unspecified atom stereocenters. The zero-order valence-corrected chi connectivity index (χ0v) is 21.2. The Balaban J connectivity index is 1.58. The topological polar surface area (TPSA) is 95.6 Å². The van der Waals surface area contributed by atoms with E-state index in [0.29, 0.717) is 24.0 Å². The van der Waals surface area contributed by atoms with Gasteiger partial charge in [-0.15, -0.1) is 16.4 Å². The first kappa shape index (κ1) is 23.5. The summed E-state index contributed by atoms with van der Waals surface area (Å²) in [6.07, 6.45) is -0.514. The highest BCUT2D eigenvalue weighted by Crippen LogP contribution is 2.29. The van der Waals surface area contributed by atoms with Crippen molar-refractivity contribution in [2.24, 2.45) is 15.8 Å². The van der Waals surface area contributed by atoms with Crippen molar-refractivity contribution in [1.82, 2.24) is 15.2 Å². The quantitative estimate of drug-likeness (QED) is 0.624. The third-order valence-electron chi connectivity index (χ3n) is 5.43. The molecule has 0 bridgehead atoms. The van der Waals surface area contributed by atoms with Gasteiger partial charge in [0.1, 0.15) is 11.5 Å². The fourth-order valence-corrected chi connectivity index (χ4v) is 5.53. The minimum Gasteiger partial charge on any atom is -0.444 e. The second kappa shape index (κ2) is 9.66. The van der Waals surface area contributed by atoms with E-state index in [0.717, 1.165) is 27.6 Å². The fourth-order valence-electron chi connectivity index (χ4n) is 3.64. The van der Waals surface area contributed by atoms with Crippen LogP contribution in [0.1, 0.15) is 29.2 Å². The lowest BCUT2D eigenvalue weighted by Gasteiger charge is -2.30. The number of nitrogens with two attached hydrogens (primary N) is 1. The number of ether oxygens (including phenoxy) is 1. The van der Waals surface area contributed by atoms with Crippen molar-refractivity contribution >= 4 is 33.7 Å². The summed E-state index contributed by atoms with van der Waals surface area (Å²) in [6.45, 7) is 5.29. The highest BCUT2D eigenvalue weighted by Gasteiger charge is 2.34. The van der Waals surface area contributed by atoms with Gasteiger partial charge >= 0.3 is 0 Å². The van der Waals surface area contributed by atoms with Gasteiger partial charge in [-0.3, -0.25) is 9.22 Å². The van der Waals surface area contributed by atoms with Crippen LogP contribution in [0.5, 0.6) is 0 Å². The molecule has 176 valence electrons. The molecule has 0 saturated carbocycles. The highest BCUT2D eigenvalue weighted by molar-refractivity contribution is 7.85. The first-order valence-corrected chi connectivity index (χ1v) is 12.8. The van der Waals surface area contributed by atoms with Crippen LogP contribution in [0.25, 0.3) is 0 Å². The van der Waals surface area contributed by atoms with Crippen LogP contribution >= 0.6 is 11.3 Å². The summed E-state index contributed by atoms with van der Waals surface area (Å²) in [5.41, 5.74) is 8.89. The number of likely N-dealkylation sites (N-methyl/N-ethyl adjacent to an activating group) is 2. The Kier molecular flexibility index (Phi) is 6.87. The Morgan fingerprint density at radius 2 is 1.97 bits per heavy atom. The predicted octanol–water partition coefficient (Wildman–Crippen LogP) is 2.50. The van der Waals surface area contributed by atoms with Crippen LogP contribution in [0.15, 0.2) is 62.9 Å². The molecular formula is C23H30N6O2S2. The molecule has 0 fully saturated rings. The smallest absolute Gasteiger partial charge is 0.250 e. The third-order valence-corrected chi connectivity index (χ3v) is 8.10. The number of rotatable bonds is 7. The second-order valence-corrected chi connectivity index (χ2v) is 11.5. The average molecular weight is 487 g/mol. The van der Waals surface area contributed by atoms with Gasteiger partial charge in [0.2, 0.25) is 6.23 Å². The van der Waals surface area contributed by atoms with E-state index in [-0.39, 0.29) is 5.25 Å². The largest absolute Gasteiger partial charge is 0.444 e. The lowest BCUT2D eigenvalue weighted by Crippen LogP contribution is -2.39. The van der Waals surface area contributed by atoms with Gasteiger partial charge in [-0.1, -0.05) is 26.0 Å². The monoisotopic (exact) mass is 486 g/mol. The molecule has 0 saturated heterocycles. The van der Waals surface area contributed by atoms with E-state index in [2.05, 4.69) is 16.5 Å². The van der Waals surface area contributed by atoms with Crippen LogP contribution in [0.2, 0.25) is 0 Å². The molecule has 2 aliphatic heterocycles. The van der Waals surface area contributed by atoms with Gasteiger partial charge in [0.15, 0.2) is 0 Å². The Labute approximate surface area is 201 Å². The number of benzene rings is 1. The van der Waals surface area contributed by atoms with E-state index in [1.807, 2.05) is 70.2 Å². The first-order valence-electron chi connectivity index (χ1n) is 10.8. The van der Waals surface area contributed by atoms with Gasteiger partial charge in [-0.25, -0.2) is 4.99 Å². The molecule has 10 heteroatoms. The molecule has 0 amide bonds. The zero-order valence-electron chi connectivity index (χ0n) is 19.5. The lowest BCUT2D eigenvalue weighted by atomic mass is 10.1. The van der Waals surface area contributed by atoms with E-state index in [4.69, 9.17) is 15.5 Å². The summed E-state index contributed by atoms with van der Waals surface area (Å²) in [5.74, 6) is 1.13. The molecular weight excluding hydrogens is 456 g/mol. The van der Waals surface area contributed by atoms with Crippen molar-refractivity contribution < 1.29 is 8.95 Å². The lowest BCUT2D eigenvalue weighted by molar-refractivity contribution is 0.107. The van der Waals surface area contributed by atoms with Crippen molar-refractivity contribution in [2.45, 2.75) is 36.8 Å². The van der Waals surface area contributed by atoms with Crippen LogP contribution in [0.4, 0.5) is 0 Å². The van der Waals surface area contributed by atoms with Gasteiger partial charge in [-0.05, 0) is 36.9 Å². The number of aliphatic imine (C=N–C) groups is 1. The number of hydrazone groups is 1. The molecule has 1 aromatic carbocycles. The molecule has 3 heterocycles. The predicted molar refractivity (Wildman–Crippen MR) is 135 cm³/mol. The van der Waals surface area contributed by atoms with E-state index in [9.17, 15) is 4.21 Å². The minimum absolute atomic E-state index is 0.0743. The van der Waals surface area contributed by atoms with Crippen molar-refractivity contribution in [3.8, 4) is 0 Å². The van der Waals surface area contributed by atoms with E-state index < -0.39 is 17.0 Å². The van der Waals surface area contributed by atoms with Crippen molar-refractivity contribution in [1.29, 1.82) is 0 Å². The molecule has 3 N–H and O–H groups in total. The Morgan fingerprint density at radius 1 is 1.24 bits per heavy atom. The van der Waals surface area contributed by atoms with Crippen LogP contribution in [0.3, 0.4) is 0 Å². The van der Waals surface area contributed by atoms with E-state index >= 15 is 0 Å². The summed E-state index contributed by atoms with van der Waals surface area (Å²) >= 11 is 1.65. The van der Waals surface area contributed by atoms with Crippen molar-refractivity contribution in [3.63, 3.8) is 0 Å².